The van der Waals surface area contributed by atoms with Gasteiger partial charge >= 0.3 is 0 Å². The van der Waals surface area contributed by atoms with Gasteiger partial charge in [-0.25, -0.2) is 0 Å². The third kappa shape index (κ3) is 4.11. The number of hydrogen-bond acceptors (Lipinski definition) is 2. The molecule has 0 saturated carbocycles. The first-order chi connectivity index (χ1) is 7.52. The zero-order valence-electron chi connectivity index (χ0n) is 8.93. The Kier molecular flexibility index (Phi) is 5.87. The molecule has 5 heteroatoms. The van der Waals surface area contributed by atoms with E-state index in [9.17, 15) is 0 Å². The van der Waals surface area contributed by atoms with E-state index >= 15 is 0 Å². The van der Waals surface area contributed by atoms with Crippen molar-refractivity contribution < 1.29 is 5.11 Å². The summed E-state index contributed by atoms with van der Waals surface area (Å²) in [7, 11) is 0. The highest BCUT2D eigenvalue weighted by Crippen LogP contribution is 2.31. The van der Waals surface area contributed by atoms with Gasteiger partial charge in [0, 0.05) is 17.1 Å². The van der Waals surface area contributed by atoms with E-state index in [0.717, 1.165) is 5.56 Å². The van der Waals surface area contributed by atoms with Gasteiger partial charge in [0.15, 0.2) is 0 Å². The summed E-state index contributed by atoms with van der Waals surface area (Å²) in [6, 6.07) is 3.40. The Morgan fingerprint density at radius 1 is 1.25 bits per heavy atom. The highest BCUT2D eigenvalue weighted by atomic mass is 35.5. The summed E-state index contributed by atoms with van der Waals surface area (Å²) in [5, 5.41) is 13.8. The molecule has 0 aliphatic rings. The standard InChI is InChI=1S/C11H14Cl3NO/c1-7(16)4-5-15-6-8-9(12)2-3-10(13)11(8)14/h2-3,7,15-16H,4-6H2,1H3. The van der Waals surface area contributed by atoms with Gasteiger partial charge in [-0.1, -0.05) is 34.8 Å². The van der Waals surface area contributed by atoms with Crippen LogP contribution in [0.3, 0.4) is 0 Å². The van der Waals surface area contributed by atoms with Crippen LogP contribution in [0, 0.1) is 0 Å². The van der Waals surface area contributed by atoms with Crippen molar-refractivity contribution in [2.45, 2.75) is 26.0 Å². The summed E-state index contributed by atoms with van der Waals surface area (Å²) in [6.45, 7) is 3.00. The lowest BCUT2D eigenvalue weighted by Gasteiger charge is -2.10. The fraction of sp³-hybridized carbons (Fsp3) is 0.455. The van der Waals surface area contributed by atoms with Crippen LogP contribution in [-0.4, -0.2) is 17.8 Å². The van der Waals surface area contributed by atoms with Crippen molar-refractivity contribution in [2.75, 3.05) is 6.54 Å². The van der Waals surface area contributed by atoms with Gasteiger partial charge < -0.3 is 10.4 Å². The first-order valence-corrected chi connectivity index (χ1v) is 6.17. The third-order valence-corrected chi connectivity index (χ3v) is 3.38. The number of benzene rings is 1. The maximum atomic E-state index is 9.09. The number of aliphatic hydroxyl groups excluding tert-OH is 1. The summed E-state index contributed by atoms with van der Waals surface area (Å²) < 4.78 is 0. The summed E-state index contributed by atoms with van der Waals surface area (Å²) >= 11 is 17.9. The minimum atomic E-state index is -0.308. The highest BCUT2D eigenvalue weighted by molar-refractivity contribution is 6.44. The van der Waals surface area contributed by atoms with E-state index in [1.165, 1.54) is 0 Å². The largest absolute Gasteiger partial charge is 0.393 e. The first-order valence-electron chi connectivity index (χ1n) is 5.03. The molecule has 2 nitrogen and oxygen atoms in total. The number of nitrogens with one attached hydrogen (secondary N) is 1. The molecule has 0 amide bonds. The molecule has 90 valence electrons. The molecule has 16 heavy (non-hydrogen) atoms. The molecule has 0 radical (unpaired) electrons. The van der Waals surface area contributed by atoms with Crippen molar-refractivity contribution in [2.24, 2.45) is 0 Å². The van der Waals surface area contributed by atoms with Crippen molar-refractivity contribution >= 4 is 34.8 Å². The van der Waals surface area contributed by atoms with Crippen molar-refractivity contribution in [1.82, 2.24) is 5.32 Å². The van der Waals surface area contributed by atoms with Gasteiger partial charge in [-0.2, -0.15) is 0 Å². The molecule has 0 aliphatic heterocycles. The molecule has 0 heterocycles. The maximum Gasteiger partial charge on any atom is 0.0652 e. The van der Waals surface area contributed by atoms with Crippen LogP contribution in [0.25, 0.3) is 0 Å². The second kappa shape index (κ2) is 6.67. The third-order valence-electron chi connectivity index (χ3n) is 2.18. The number of hydrogen-bond donors (Lipinski definition) is 2. The molecular weight excluding hydrogens is 268 g/mol. The van der Waals surface area contributed by atoms with Crippen LogP contribution in [-0.2, 0) is 6.54 Å². The quantitative estimate of drug-likeness (QED) is 0.640. The number of rotatable bonds is 5. The van der Waals surface area contributed by atoms with E-state index < -0.39 is 0 Å². The van der Waals surface area contributed by atoms with E-state index in [0.29, 0.717) is 34.6 Å². The Labute approximate surface area is 111 Å². The molecule has 1 aromatic carbocycles. The Bertz CT molecular complexity index is 355. The lowest BCUT2D eigenvalue weighted by molar-refractivity contribution is 0.183. The average Bonchev–Trinajstić information content (AvgIpc) is 2.22. The van der Waals surface area contributed by atoms with Crippen molar-refractivity contribution in [1.29, 1.82) is 0 Å². The molecule has 1 atom stereocenters. The Morgan fingerprint density at radius 3 is 2.50 bits per heavy atom. The molecule has 0 aliphatic carbocycles. The molecule has 2 N–H and O–H groups in total. The summed E-state index contributed by atoms with van der Waals surface area (Å²) in [5.41, 5.74) is 0.793. The molecule has 0 fully saturated rings. The monoisotopic (exact) mass is 281 g/mol. The molecule has 0 spiro atoms. The summed E-state index contributed by atoms with van der Waals surface area (Å²) in [5.74, 6) is 0. The van der Waals surface area contributed by atoms with Crippen LogP contribution < -0.4 is 5.32 Å². The zero-order valence-corrected chi connectivity index (χ0v) is 11.2. The molecule has 1 aromatic rings. The summed E-state index contributed by atoms with van der Waals surface area (Å²) in [4.78, 5) is 0. The van der Waals surface area contributed by atoms with Gasteiger partial charge in [0.1, 0.15) is 0 Å². The van der Waals surface area contributed by atoms with E-state index in [-0.39, 0.29) is 6.10 Å². The Hall–Kier alpha value is 0.01000. The minimum Gasteiger partial charge on any atom is -0.393 e. The smallest absolute Gasteiger partial charge is 0.0652 e. The van der Waals surface area contributed by atoms with Crippen molar-refractivity contribution in [3.05, 3.63) is 32.8 Å². The topological polar surface area (TPSA) is 32.3 Å². The van der Waals surface area contributed by atoms with E-state index in [4.69, 9.17) is 39.9 Å². The Balaban J connectivity index is 2.56. The normalized spacial score (nSPS) is 12.8. The Morgan fingerprint density at radius 2 is 1.88 bits per heavy atom. The van der Waals surface area contributed by atoms with Gasteiger partial charge in [-0.15, -0.1) is 0 Å². The highest BCUT2D eigenvalue weighted by Gasteiger charge is 2.08. The molecule has 1 unspecified atom stereocenters. The molecule has 0 aromatic heterocycles. The van der Waals surface area contributed by atoms with Crippen LogP contribution in [0.5, 0.6) is 0 Å². The average molecular weight is 283 g/mol. The molecular formula is C11H14Cl3NO. The maximum absolute atomic E-state index is 9.09. The van der Waals surface area contributed by atoms with Gasteiger partial charge in [0.05, 0.1) is 16.1 Å². The van der Waals surface area contributed by atoms with E-state index in [1.807, 2.05) is 0 Å². The number of halogens is 3. The molecule has 1 rings (SSSR count). The molecule has 0 bridgehead atoms. The second-order valence-corrected chi connectivity index (χ2v) is 4.83. The SMILES string of the molecule is CC(O)CCNCc1c(Cl)ccc(Cl)c1Cl. The minimum absolute atomic E-state index is 0.308. The van der Waals surface area contributed by atoms with Crippen LogP contribution in [0.4, 0.5) is 0 Å². The van der Waals surface area contributed by atoms with Crippen LogP contribution in [0.2, 0.25) is 15.1 Å². The predicted molar refractivity (Wildman–Crippen MR) is 69.5 cm³/mol. The van der Waals surface area contributed by atoms with Crippen LogP contribution >= 0.6 is 34.8 Å². The molecule has 0 saturated heterocycles. The van der Waals surface area contributed by atoms with Gasteiger partial charge in [0.25, 0.3) is 0 Å². The van der Waals surface area contributed by atoms with Crippen LogP contribution in [0.1, 0.15) is 18.9 Å². The van der Waals surface area contributed by atoms with Gasteiger partial charge in [-0.3, -0.25) is 0 Å². The first kappa shape index (κ1) is 14.1. The van der Waals surface area contributed by atoms with Crippen molar-refractivity contribution in [3.63, 3.8) is 0 Å². The van der Waals surface area contributed by atoms with Crippen molar-refractivity contribution in [3.8, 4) is 0 Å². The summed E-state index contributed by atoms with van der Waals surface area (Å²) in [6.07, 6.45) is 0.383. The zero-order chi connectivity index (χ0) is 12.1. The lowest BCUT2D eigenvalue weighted by atomic mass is 10.2. The predicted octanol–water partition coefficient (Wildman–Crippen LogP) is 3.51. The lowest BCUT2D eigenvalue weighted by Crippen LogP contribution is -2.19. The van der Waals surface area contributed by atoms with Gasteiger partial charge in [-0.05, 0) is 32.0 Å². The fourth-order valence-corrected chi connectivity index (χ4v) is 1.94. The van der Waals surface area contributed by atoms with Gasteiger partial charge in [0.2, 0.25) is 0 Å². The van der Waals surface area contributed by atoms with E-state index in [2.05, 4.69) is 5.32 Å². The van der Waals surface area contributed by atoms with Crippen LogP contribution in [0.15, 0.2) is 12.1 Å². The second-order valence-electron chi connectivity index (χ2n) is 3.64. The fourth-order valence-electron chi connectivity index (χ4n) is 1.26. The van der Waals surface area contributed by atoms with E-state index in [1.54, 1.807) is 19.1 Å². The number of aliphatic hydroxyl groups is 1.